The van der Waals surface area contributed by atoms with Gasteiger partial charge in [-0.2, -0.15) is 0 Å². The second-order valence-electron chi connectivity index (χ2n) is 9.54. The average molecular weight is 535 g/mol. The fraction of sp³-hybridized carbons (Fsp3) is 0.125. The SMILES string of the molecule is Cc1cc([C@H]2[C@H](c3ccccn3)NC(=S)N2c2ccc(Oc3ccccc3)cc2)c(C)n1-c1ccc(F)cc1. The number of pyridine rings is 1. The molecular weight excluding hydrogens is 507 g/mol. The van der Waals surface area contributed by atoms with Crippen molar-refractivity contribution in [3.63, 3.8) is 0 Å². The van der Waals surface area contributed by atoms with Crippen LogP contribution in [-0.4, -0.2) is 14.7 Å². The second-order valence-corrected chi connectivity index (χ2v) is 9.93. The highest BCUT2D eigenvalue weighted by atomic mass is 32.1. The third kappa shape index (κ3) is 4.77. The molecule has 5 aromatic rings. The Hall–Kier alpha value is -4.49. The summed E-state index contributed by atoms with van der Waals surface area (Å²) < 4.78 is 21.8. The lowest BCUT2D eigenvalue weighted by Gasteiger charge is -2.28. The Labute approximate surface area is 232 Å². The van der Waals surface area contributed by atoms with Crippen molar-refractivity contribution in [1.29, 1.82) is 0 Å². The summed E-state index contributed by atoms with van der Waals surface area (Å²) in [5.41, 5.74) is 5.99. The van der Waals surface area contributed by atoms with Gasteiger partial charge in [0.1, 0.15) is 17.3 Å². The van der Waals surface area contributed by atoms with Crippen molar-refractivity contribution in [3.8, 4) is 17.2 Å². The van der Waals surface area contributed by atoms with E-state index in [1.807, 2.05) is 72.8 Å². The zero-order chi connectivity index (χ0) is 26.9. The van der Waals surface area contributed by atoms with E-state index in [1.165, 1.54) is 12.1 Å². The Morgan fingerprint density at radius 3 is 2.18 bits per heavy atom. The molecule has 0 amide bonds. The molecule has 3 aromatic carbocycles. The molecule has 0 radical (unpaired) electrons. The summed E-state index contributed by atoms with van der Waals surface area (Å²) in [5.74, 6) is 1.27. The van der Waals surface area contributed by atoms with Crippen LogP contribution in [0.5, 0.6) is 11.5 Å². The Balaban J connectivity index is 1.41. The first kappa shape index (κ1) is 24.8. The van der Waals surface area contributed by atoms with Crippen LogP contribution in [0.15, 0.2) is 109 Å². The number of hydrogen-bond acceptors (Lipinski definition) is 3. The number of aryl methyl sites for hydroxylation is 1. The highest BCUT2D eigenvalue weighted by Gasteiger charge is 2.42. The summed E-state index contributed by atoms with van der Waals surface area (Å²) in [7, 11) is 0. The molecule has 1 fully saturated rings. The van der Waals surface area contributed by atoms with Gasteiger partial charge in [0.15, 0.2) is 5.11 Å². The molecule has 0 aliphatic carbocycles. The third-order valence-corrected chi connectivity index (χ3v) is 7.38. The number of benzene rings is 3. The van der Waals surface area contributed by atoms with Gasteiger partial charge in [0, 0.05) is 29.0 Å². The maximum Gasteiger partial charge on any atom is 0.174 e. The molecule has 2 atom stereocenters. The van der Waals surface area contributed by atoms with Crippen LogP contribution in [0.3, 0.4) is 0 Å². The number of nitrogens with zero attached hydrogens (tertiary/aromatic N) is 3. The second kappa shape index (κ2) is 10.3. The summed E-state index contributed by atoms with van der Waals surface area (Å²) in [6.45, 7) is 4.16. The van der Waals surface area contributed by atoms with Crippen LogP contribution in [0.4, 0.5) is 10.1 Å². The van der Waals surface area contributed by atoms with Crippen LogP contribution in [0.2, 0.25) is 0 Å². The summed E-state index contributed by atoms with van der Waals surface area (Å²) >= 11 is 5.91. The van der Waals surface area contributed by atoms with Crippen molar-refractivity contribution in [1.82, 2.24) is 14.9 Å². The number of nitrogens with one attached hydrogen (secondary N) is 1. The molecular formula is C32H27FN4OS. The number of halogens is 1. The number of para-hydroxylation sites is 1. The number of anilines is 1. The van der Waals surface area contributed by atoms with Gasteiger partial charge in [-0.15, -0.1) is 0 Å². The molecule has 0 bridgehead atoms. The van der Waals surface area contributed by atoms with Gasteiger partial charge in [0.2, 0.25) is 0 Å². The Morgan fingerprint density at radius 2 is 1.49 bits per heavy atom. The van der Waals surface area contributed by atoms with E-state index < -0.39 is 0 Å². The topological polar surface area (TPSA) is 42.3 Å². The fourth-order valence-electron chi connectivity index (χ4n) is 5.32. The van der Waals surface area contributed by atoms with E-state index in [1.54, 1.807) is 18.3 Å². The molecule has 0 saturated carbocycles. The summed E-state index contributed by atoms with van der Waals surface area (Å²) in [5, 5.41) is 4.15. The highest BCUT2D eigenvalue weighted by Crippen LogP contribution is 2.44. The molecule has 1 aliphatic rings. The standard InChI is InChI=1S/C32H27FN4OS/c1-21-20-28(22(2)36(21)24-13-11-23(33)12-14-24)31-30(29-10-6-7-19-34-29)35-32(39)37(31)25-15-17-27(18-16-25)38-26-8-4-3-5-9-26/h3-20,30-31H,1-2H3,(H,35,39)/t30-,31-/m0/s1. The van der Waals surface area contributed by atoms with E-state index >= 15 is 0 Å². The molecule has 0 unspecified atom stereocenters. The highest BCUT2D eigenvalue weighted by molar-refractivity contribution is 7.80. The molecule has 3 heterocycles. The van der Waals surface area contributed by atoms with Gasteiger partial charge in [-0.25, -0.2) is 4.39 Å². The van der Waals surface area contributed by atoms with Crippen molar-refractivity contribution in [2.75, 3.05) is 4.90 Å². The van der Waals surface area contributed by atoms with Crippen LogP contribution in [0.1, 0.15) is 34.7 Å². The largest absolute Gasteiger partial charge is 0.457 e. The average Bonchev–Trinajstić information content (AvgIpc) is 3.45. The molecule has 1 saturated heterocycles. The van der Waals surface area contributed by atoms with Gasteiger partial charge in [0.25, 0.3) is 0 Å². The van der Waals surface area contributed by atoms with Crippen LogP contribution in [0, 0.1) is 19.7 Å². The summed E-state index contributed by atoms with van der Waals surface area (Å²) in [4.78, 5) is 6.82. The van der Waals surface area contributed by atoms with Gasteiger partial charge in [-0.05, 0) is 110 Å². The predicted octanol–water partition coefficient (Wildman–Crippen LogP) is 7.60. The first-order valence-corrected chi connectivity index (χ1v) is 13.2. The third-order valence-electron chi connectivity index (χ3n) is 7.07. The molecule has 5 nitrogen and oxygen atoms in total. The Kier molecular flexibility index (Phi) is 6.59. The maximum absolute atomic E-state index is 13.7. The number of ether oxygens (including phenoxy) is 1. The van der Waals surface area contributed by atoms with E-state index in [-0.39, 0.29) is 17.9 Å². The van der Waals surface area contributed by atoms with Crippen LogP contribution < -0.4 is 15.0 Å². The maximum atomic E-state index is 13.7. The van der Waals surface area contributed by atoms with Crippen LogP contribution in [-0.2, 0) is 0 Å². The molecule has 0 spiro atoms. The smallest absolute Gasteiger partial charge is 0.174 e. The first-order valence-electron chi connectivity index (χ1n) is 12.8. The fourth-order valence-corrected chi connectivity index (χ4v) is 5.67. The number of rotatable bonds is 6. The lowest BCUT2D eigenvalue weighted by atomic mass is 9.96. The molecule has 6 rings (SSSR count). The number of thiocarbonyl (C=S) groups is 1. The summed E-state index contributed by atoms with van der Waals surface area (Å²) in [6, 6.07) is 32.0. The Bertz CT molecular complexity index is 1600. The molecule has 1 N–H and O–H groups in total. The number of hydrogen-bond donors (Lipinski definition) is 1. The van der Waals surface area contributed by atoms with Crippen molar-refractivity contribution < 1.29 is 9.13 Å². The van der Waals surface area contributed by atoms with E-state index in [4.69, 9.17) is 17.0 Å². The van der Waals surface area contributed by atoms with Crippen molar-refractivity contribution >= 4 is 23.0 Å². The molecule has 7 heteroatoms. The van der Waals surface area contributed by atoms with Crippen LogP contribution >= 0.6 is 12.2 Å². The molecule has 1 aliphatic heterocycles. The normalized spacial score (nSPS) is 16.8. The van der Waals surface area contributed by atoms with E-state index in [9.17, 15) is 4.39 Å². The van der Waals surface area contributed by atoms with E-state index in [0.717, 1.165) is 45.5 Å². The zero-order valence-electron chi connectivity index (χ0n) is 21.6. The van der Waals surface area contributed by atoms with Gasteiger partial charge >= 0.3 is 0 Å². The lowest BCUT2D eigenvalue weighted by molar-refractivity contribution is 0.482. The van der Waals surface area contributed by atoms with Gasteiger partial charge in [-0.3, -0.25) is 4.98 Å². The molecule has 39 heavy (non-hydrogen) atoms. The van der Waals surface area contributed by atoms with Gasteiger partial charge < -0.3 is 19.5 Å². The van der Waals surface area contributed by atoms with E-state index in [0.29, 0.717) is 5.11 Å². The minimum absolute atomic E-state index is 0.159. The predicted molar refractivity (Wildman–Crippen MR) is 156 cm³/mol. The van der Waals surface area contributed by atoms with Crippen LogP contribution in [0.25, 0.3) is 5.69 Å². The molecule has 194 valence electrons. The lowest BCUT2D eigenvalue weighted by Crippen LogP contribution is -2.29. The molecule has 2 aromatic heterocycles. The minimum Gasteiger partial charge on any atom is -0.457 e. The summed E-state index contributed by atoms with van der Waals surface area (Å²) in [6.07, 6.45) is 1.80. The first-order chi connectivity index (χ1) is 19.0. The monoisotopic (exact) mass is 534 g/mol. The zero-order valence-corrected chi connectivity index (χ0v) is 22.4. The minimum atomic E-state index is -0.257. The number of aromatic nitrogens is 2. The van der Waals surface area contributed by atoms with Crippen molar-refractivity contribution in [2.45, 2.75) is 25.9 Å². The van der Waals surface area contributed by atoms with Crippen molar-refractivity contribution in [3.05, 3.63) is 138 Å². The quantitative estimate of drug-likeness (QED) is 0.227. The van der Waals surface area contributed by atoms with Gasteiger partial charge in [0.05, 0.1) is 17.8 Å². The van der Waals surface area contributed by atoms with E-state index in [2.05, 4.69) is 39.7 Å². The van der Waals surface area contributed by atoms with Gasteiger partial charge in [-0.1, -0.05) is 24.3 Å². The van der Waals surface area contributed by atoms with Crippen molar-refractivity contribution in [2.24, 2.45) is 0 Å². The Morgan fingerprint density at radius 1 is 0.821 bits per heavy atom.